The van der Waals surface area contributed by atoms with E-state index in [-0.39, 0.29) is 30.8 Å². The van der Waals surface area contributed by atoms with Gasteiger partial charge in [0.05, 0.1) is 12.9 Å². The van der Waals surface area contributed by atoms with Crippen molar-refractivity contribution >= 4 is 19.5 Å². The van der Waals surface area contributed by atoms with Crippen LogP contribution in [0.5, 0.6) is 11.5 Å². The molecule has 2 aromatic rings. The van der Waals surface area contributed by atoms with Crippen LogP contribution in [0.2, 0.25) is 0 Å². The molecule has 2 atom stereocenters. The van der Waals surface area contributed by atoms with Gasteiger partial charge in [-0.3, -0.25) is 9.36 Å². The van der Waals surface area contributed by atoms with Crippen LogP contribution < -0.4 is 14.9 Å². The number of para-hydroxylation sites is 1. The van der Waals surface area contributed by atoms with Crippen molar-refractivity contribution in [3.63, 3.8) is 0 Å². The van der Waals surface area contributed by atoms with Crippen molar-refractivity contribution in [3.8, 4) is 11.5 Å². The summed E-state index contributed by atoms with van der Waals surface area (Å²) in [7, 11) is -3.53. The van der Waals surface area contributed by atoms with E-state index in [1.165, 1.54) is 0 Å². The summed E-state index contributed by atoms with van der Waals surface area (Å²) < 4.78 is 29.7. The van der Waals surface area contributed by atoms with E-state index < -0.39 is 25.5 Å². The molecule has 3 rings (SSSR count). The molecule has 1 heterocycles. The molecule has 0 saturated heterocycles. The summed E-state index contributed by atoms with van der Waals surface area (Å²) in [5.41, 5.74) is 4.66. The van der Waals surface area contributed by atoms with E-state index in [0.717, 1.165) is 22.3 Å². The quantitative estimate of drug-likeness (QED) is 0.186. The summed E-state index contributed by atoms with van der Waals surface area (Å²) in [5, 5.41) is 16.8. The van der Waals surface area contributed by atoms with Crippen LogP contribution in [-0.4, -0.2) is 42.5 Å². The summed E-state index contributed by atoms with van der Waals surface area (Å²) in [5.74, 6) is -0.604. The maximum atomic E-state index is 13.7. The second-order valence-electron chi connectivity index (χ2n) is 9.23. The number of hydrogen-bond acceptors (Lipinski definition) is 8. The number of fused-ring (bicyclic) bond motifs is 1. The number of allylic oxidation sites excluding steroid dienone is 1. The summed E-state index contributed by atoms with van der Waals surface area (Å²) in [4.78, 5) is 24.3. The predicted molar refractivity (Wildman–Crippen MR) is 146 cm³/mol. The standard InChI is InChI=1S/C28H37N2O7P/c1-6-22-19(4)24-16-36-28(33)25(24)26(31)23(22)14-13-18(3)15-29-17-38(34,30-20(5)27(32)35-7-2)37-21-11-9-8-10-12-21/h8-13,20,29,31H,6-7,14-17H2,1-5H3,(H,30,34)/b18-13+/t20-,38?/m0/s1. The molecule has 38 heavy (non-hydrogen) atoms. The number of cyclic esters (lactones) is 1. The second-order valence-corrected chi connectivity index (χ2v) is 11.3. The van der Waals surface area contributed by atoms with Crippen LogP contribution in [0.25, 0.3) is 0 Å². The summed E-state index contributed by atoms with van der Waals surface area (Å²) in [6.07, 6.45) is 3.07. The Morgan fingerprint density at radius 2 is 1.95 bits per heavy atom. The van der Waals surface area contributed by atoms with Gasteiger partial charge in [-0.1, -0.05) is 36.8 Å². The van der Waals surface area contributed by atoms with Crippen LogP contribution in [0.3, 0.4) is 0 Å². The summed E-state index contributed by atoms with van der Waals surface area (Å²) in [6, 6.07) is 7.94. The average molecular weight is 545 g/mol. The summed E-state index contributed by atoms with van der Waals surface area (Å²) in [6.45, 7) is 9.98. The molecule has 0 aromatic heterocycles. The number of ether oxygens (including phenoxy) is 2. The number of nitrogens with one attached hydrogen (secondary N) is 2. The predicted octanol–water partition coefficient (Wildman–Crippen LogP) is 4.78. The van der Waals surface area contributed by atoms with Crippen molar-refractivity contribution in [1.29, 1.82) is 0 Å². The van der Waals surface area contributed by atoms with Gasteiger partial charge in [-0.25, -0.2) is 9.88 Å². The van der Waals surface area contributed by atoms with Gasteiger partial charge >= 0.3 is 19.5 Å². The Labute approximate surface area is 224 Å². The SMILES string of the molecule is CCOC(=O)[C@H](C)NP(=O)(CNC/C(C)=C/Cc1c(O)c2c(c(C)c1CC)COC2=O)Oc1ccccc1. The van der Waals surface area contributed by atoms with Crippen LogP contribution in [0.1, 0.15) is 60.3 Å². The normalized spacial score (nSPS) is 15.4. The van der Waals surface area contributed by atoms with Crippen molar-refractivity contribution < 1.29 is 33.3 Å². The smallest absolute Gasteiger partial charge is 0.342 e. The largest absolute Gasteiger partial charge is 0.507 e. The van der Waals surface area contributed by atoms with E-state index in [1.54, 1.807) is 38.1 Å². The third-order valence-electron chi connectivity index (χ3n) is 6.40. The van der Waals surface area contributed by atoms with Crippen LogP contribution in [0.15, 0.2) is 42.0 Å². The first-order valence-corrected chi connectivity index (χ1v) is 14.6. The van der Waals surface area contributed by atoms with E-state index in [2.05, 4.69) is 10.4 Å². The minimum Gasteiger partial charge on any atom is -0.507 e. The molecule has 0 radical (unpaired) electrons. The molecule has 0 saturated carbocycles. The fourth-order valence-corrected chi connectivity index (χ4v) is 6.23. The molecule has 0 aliphatic carbocycles. The maximum absolute atomic E-state index is 13.7. The van der Waals surface area contributed by atoms with Crippen molar-refractivity contribution in [2.75, 3.05) is 19.4 Å². The highest BCUT2D eigenvalue weighted by Gasteiger charge is 2.31. The Balaban J connectivity index is 1.71. The average Bonchev–Trinajstić information content (AvgIpc) is 3.27. The van der Waals surface area contributed by atoms with Gasteiger partial charge in [-0.05, 0) is 63.8 Å². The molecule has 0 fully saturated rings. The van der Waals surface area contributed by atoms with Crippen molar-refractivity contribution in [1.82, 2.24) is 10.4 Å². The number of aromatic hydroxyl groups is 1. The first-order valence-electron chi connectivity index (χ1n) is 12.8. The number of benzene rings is 2. The van der Waals surface area contributed by atoms with Crippen LogP contribution in [0.4, 0.5) is 0 Å². The zero-order chi connectivity index (χ0) is 27.9. The molecule has 10 heteroatoms. The fraction of sp³-hybridized carbons (Fsp3) is 0.429. The van der Waals surface area contributed by atoms with Gasteiger partial charge in [0.1, 0.15) is 29.7 Å². The van der Waals surface area contributed by atoms with E-state index in [1.807, 2.05) is 32.9 Å². The highest BCUT2D eigenvalue weighted by atomic mass is 31.2. The Kier molecular flexibility index (Phi) is 10.1. The minimum atomic E-state index is -3.53. The van der Waals surface area contributed by atoms with Crippen molar-refractivity contribution in [2.45, 2.75) is 60.1 Å². The van der Waals surface area contributed by atoms with Crippen molar-refractivity contribution in [2.24, 2.45) is 0 Å². The lowest BCUT2D eigenvalue weighted by Gasteiger charge is -2.24. The van der Waals surface area contributed by atoms with Crippen LogP contribution >= 0.6 is 7.52 Å². The lowest BCUT2D eigenvalue weighted by atomic mass is 9.89. The van der Waals surface area contributed by atoms with Crippen LogP contribution in [-0.2, 0) is 38.3 Å². The number of esters is 2. The monoisotopic (exact) mass is 544 g/mol. The third-order valence-corrected chi connectivity index (χ3v) is 8.33. The molecular weight excluding hydrogens is 507 g/mol. The van der Waals surface area contributed by atoms with Gasteiger partial charge in [0.15, 0.2) is 0 Å². The first kappa shape index (κ1) is 29.4. The molecule has 1 aliphatic heterocycles. The Morgan fingerprint density at radius 3 is 2.61 bits per heavy atom. The number of carbonyl (C=O) groups excluding carboxylic acids is 2. The first-order chi connectivity index (χ1) is 18.1. The van der Waals surface area contributed by atoms with Gasteiger partial charge in [0.25, 0.3) is 0 Å². The highest BCUT2D eigenvalue weighted by Crippen LogP contribution is 2.42. The van der Waals surface area contributed by atoms with Gasteiger partial charge in [0.2, 0.25) is 0 Å². The molecule has 3 N–H and O–H groups in total. The molecule has 0 bridgehead atoms. The van der Waals surface area contributed by atoms with Crippen LogP contribution in [0, 0.1) is 6.92 Å². The molecular formula is C28H37N2O7P. The van der Waals surface area contributed by atoms with E-state index in [0.29, 0.717) is 30.7 Å². The maximum Gasteiger partial charge on any atom is 0.342 e. The molecule has 1 unspecified atom stereocenters. The molecule has 0 spiro atoms. The number of hydrogen-bond donors (Lipinski definition) is 3. The number of carbonyl (C=O) groups is 2. The molecule has 0 amide bonds. The lowest BCUT2D eigenvalue weighted by Crippen LogP contribution is -2.37. The van der Waals surface area contributed by atoms with Gasteiger partial charge < -0.3 is 24.4 Å². The Bertz CT molecular complexity index is 1240. The number of phenolic OH excluding ortho intramolecular Hbond substituents is 1. The van der Waals surface area contributed by atoms with Gasteiger partial charge in [-0.2, -0.15) is 0 Å². The number of rotatable bonds is 13. The highest BCUT2D eigenvalue weighted by molar-refractivity contribution is 7.57. The number of phenols is 1. The summed E-state index contributed by atoms with van der Waals surface area (Å²) >= 11 is 0. The third kappa shape index (κ3) is 7.04. The topological polar surface area (TPSA) is 123 Å². The molecule has 206 valence electrons. The zero-order valence-electron chi connectivity index (χ0n) is 22.6. The Morgan fingerprint density at radius 1 is 1.24 bits per heavy atom. The molecule has 2 aromatic carbocycles. The van der Waals surface area contributed by atoms with E-state index >= 15 is 0 Å². The van der Waals surface area contributed by atoms with E-state index in [9.17, 15) is 19.3 Å². The molecule has 1 aliphatic rings. The molecule has 9 nitrogen and oxygen atoms in total. The van der Waals surface area contributed by atoms with Crippen molar-refractivity contribution in [3.05, 3.63) is 69.8 Å². The van der Waals surface area contributed by atoms with E-state index in [4.69, 9.17) is 14.0 Å². The lowest BCUT2D eigenvalue weighted by molar-refractivity contribution is -0.144. The van der Waals surface area contributed by atoms with Gasteiger partial charge in [0, 0.05) is 17.7 Å². The second kappa shape index (κ2) is 13.1. The fourth-order valence-electron chi connectivity index (χ4n) is 4.46. The minimum absolute atomic E-state index is 0.0140. The Hall–Kier alpha value is -3.13. The van der Waals surface area contributed by atoms with Gasteiger partial charge in [-0.15, -0.1) is 0 Å². The zero-order valence-corrected chi connectivity index (χ0v) is 23.5.